The maximum atomic E-state index is 11.6. The summed E-state index contributed by atoms with van der Waals surface area (Å²) in [6, 6.07) is 11.0. The Bertz CT molecular complexity index is 809. The molecule has 122 valence electrons. The molecule has 0 atom stereocenters. The fourth-order valence-corrected chi connectivity index (χ4v) is 3.03. The van der Waals surface area contributed by atoms with Crippen LogP contribution in [0.3, 0.4) is 0 Å². The molecule has 1 aliphatic heterocycles. The first-order valence-corrected chi connectivity index (χ1v) is 8.39. The third kappa shape index (κ3) is 3.96. The summed E-state index contributed by atoms with van der Waals surface area (Å²) in [6.07, 6.45) is 3.98. The minimum atomic E-state index is -0.414. The van der Waals surface area contributed by atoms with Gasteiger partial charge in [0.15, 0.2) is 0 Å². The zero-order chi connectivity index (χ0) is 16.9. The first kappa shape index (κ1) is 16.5. The van der Waals surface area contributed by atoms with E-state index in [0.717, 1.165) is 17.5 Å². The van der Waals surface area contributed by atoms with Crippen molar-refractivity contribution < 1.29 is 14.3 Å². The smallest absolute Gasteiger partial charge is 0.290 e. The number of hydrogen-bond donors (Lipinski definition) is 1. The van der Waals surface area contributed by atoms with Crippen LogP contribution in [0.5, 0.6) is 5.75 Å². The molecule has 0 unspecified atom stereocenters. The van der Waals surface area contributed by atoms with Gasteiger partial charge in [0.05, 0.1) is 16.5 Å². The van der Waals surface area contributed by atoms with Gasteiger partial charge in [-0.1, -0.05) is 29.8 Å². The Hall–Kier alpha value is -2.31. The van der Waals surface area contributed by atoms with Gasteiger partial charge >= 0.3 is 0 Å². The van der Waals surface area contributed by atoms with Gasteiger partial charge in [0, 0.05) is 18.3 Å². The molecule has 2 amide bonds. The molecular formula is C17H13ClN2O3S. The van der Waals surface area contributed by atoms with Crippen LogP contribution >= 0.6 is 23.4 Å². The Morgan fingerprint density at radius 2 is 2.08 bits per heavy atom. The second-order valence-corrected chi connectivity index (χ2v) is 6.32. The van der Waals surface area contributed by atoms with Crippen molar-refractivity contribution in [2.24, 2.45) is 0 Å². The number of rotatable bonds is 5. The molecule has 7 heteroatoms. The molecule has 1 aromatic heterocycles. The summed E-state index contributed by atoms with van der Waals surface area (Å²) in [5, 5.41) is 2.23. The number of ether oxygens (including phenoxy) is 1. The number of amides is 2. The Morgan fingerprint density at radius 1 is 1.21 bits per heavy atom. The zero-order valence-electron chi connectivity index (χ0n) is 12.5. The lowest BCUT2D eigenvalue weighted by Gasteiger charge is -2.09. The van der Waals surface area contributed by atoms with Crippen LogP contribution in [0.15, 0.2) is 47.5 Å². The Morgan fingerprint density at radius 3 is 2.79 bits per heavy atom. The molecular weight excluding hydrogens is 348 g/mol. The molecule has 0 bridgehead atoms. The zero-order valence-corrected chi connectivity index (χ0v) is 14.1. The second kappa shape index (κ2) is 7.51. The number of nitrogens with one attached hydrogen (secondary N) is 1. The van der Waals surface area contributed by atoms with Crippen LogP contribution in [-0.2, 0) is 11.2 Å². The third-order valence-electron chi connectivity index (χ3n) is 3.26. The largest absolute Gasteiger partial charge is 0.492 e. The van der Waals surface area contributed by atoms with Crippen LogP contribution in [0.2, 0.25) is 5.02 Å². The summed E-state index contributed by atoms with van der Waals surface area (Å²) in [7, 11) is 0. The van der Waals surface area contributed by atoms with Crippen molar-refractivity contribution >= 4 is 40.6 Å². The van der Waals surface area contributed by atoms with Gasteiger partial charge < -0.3 is 4.74 Å². The average molecular weight is 361 g/mol. The number of halogens is 1. The van der Waals surface area contributed by atoms with E-state index in [0.29, 0.717) is 34.3 Å². The summed E-state index contributed by atoms with van der Waals surface area (Å²) >= 11 is 7.19. The molecule has 24 heavy (non-hydrogen) atoms. The highest BCUT2D eigenvalue weighted by Gasteiger charge is 2.25. The van der Waals surface area contributed by atoms with E-state index in [1.807, 2.05) is 18.2 Å². The molecule has 3 rings (SSSR count). The predicted octanol–water partition coefficient (Wildman–Crippen LogP) is 3.68. The van der Waals surface area contributed by atoms with Gasteiger partial charge in [-0.25, -0.2) is 0 Å². The maximum absolute atomic E-state index is 11.6. The van der Waals surface area contributed by atoms with E-state index >= 15 is 0 Å². The molecule has 2 aromatic rings. The minimum absolute atomic E-state index is 0.313. The average Bonchev–Trinajstić information content (AvgIpc) is 2.89. The van der Waals surface area contributed by atoms with Gasteiger partial charge in [-0.2, -0.15) is 0 Å². The van der Waals surface area contributed by atoms with Gasteiger partial charge in [0.1, 0.15) is 5.75 Å². The van der Waals surface area contributed by atoms with E-state index < -0.39 is 5.91 Å². The molecule has 0 aliphatic carbocycles. The Balaban J connectivity index is 1.70. The molecule has 1 fully saturated rings. The van der Waals surface area contributed by atoms with Crippen LogP contribution in [0.4, 0.5) is 4.79 Å². The van der Waals surface area contributed by atoms with Gasteiger partial charge in [-0.15, -0.1) is 0 Å². The fourth-order valence-electron chi connectivity index (χ4n) is 2.12. The van der Waals surface area contributed by atoms with E-state index in [-0.39, 0.29) is 5.24 Å². The van der Waals surface area contributed by atoms with Crippen LogP contribution in [0.25, 0.3) is 6.08 Å². The highest BCUT2D eigenvalue weighted by molar-refractivity contribution is 8.18. The molecule has 0 spiro atoms. The molecule has 5 nitrogen and oxygen atoms in total. The normalized spacial score (nSPS) is 15.6. The molecule has 1 aliphatic rings. The first-order chi connectivity index (χ1) is 11.6. The number of carbonyl (C=O) groups is 2. The van der Waals surface area contributed by atoms with Gasteiger partial charge in [-0.05, 0) is 41.6 Å². The van der Waals surface area contributed by atoms with Gasteiger partial charge in [-0.3, -0.25) is 19.9 Å². The summed E-state index contributed by atoms with van der Waals surface area (Å²) in [6.45, 7) is 0.435. The number of imide groups is 1. The predicted molar refractivity (Wildman–Crippen MR) is 94.0 cm³/mol. The number of aromatic nitrogens is 1. The number of thioether (sulfide) groups is 1. The summed E-state index contributed by atoms with van der Waals surface area (Å²) in [5.74, 6) is 0.110. The molecule has 2 heterocycles. The first-order valence-electron chi connectivity index (χ1n) is 7.19. The number of nitrogens with zero attached hydrogens (tertiary/aromatic N) is 1. The van der Waals surface area contributed by atoms with Gasteiger partial charge in [0.2, 0.25) is 0 Å². The third-order valence-corrected chi connectivity index (χ3v) is 4.48. The molecule has 0 saturated carbocycles. The SMILES string of the molecule is O=C1NC(=O)/C(=C/c2cccc(OCCc3ccccn3)c2Cl)S1. The van der Waals surface area contributed by atoms with E-state index in [2.05, 4.69) is 10.3 Å². The maximum Gasteiger partial charge on any atom is 0.290 e. The van der Waals surface area contributed by atoms with Crippen LogP contribution in [0, 0.1) is 0 Å². The van der Waals surface area contributed by atoms with Crippen LogP contribution < -0.4 is 10.1 Å². The van der Waals surface area contributed by atoms with Crippen molar-refractivity contribution in [3.05, 3.63) is 63.8 Å². The van der Waals surface area contributed by atoms with E-state index in [9.17, 15) is 9.59 Å². The standard InChI is InChI=1S/C17H13ClN2O3S/c18-15-11(10-14-16(21)20-17(22)24-14)4-3-6-13(15)23-9-7-12-5-1-2-8-19-12/h1-6,8,10H,7,9H2,(H,20,21,22)/b14-10-. The summed E-state index contributed by atoms with van der Waals surface area (Å²) in [4.78, 5) is 27.4. The summed E-state index contributed by atoms with van der Waals surface area (Å²) in [5.41, 5.74) is 1.56. The molecule has 1 saturated heterocycles. The lowest BCUT2D eigenvalue weighted by Crippen LogP contribution is -2.17. The fraction of sp³-hybridized carbons (Fsp3) is 0.118. The highest BCUT2D eigenvalue weighted by Crippen LogP contribution is 2.33. The van der Waals surface area contributed by atoms with Crippen LogP contribution in [-0.4, -0.2) is 22.7 Å². The van der Waals surface area contributed by atoms with E-state index in [1.165, 1.54) is 0 Å². The molecule has 1 aromatic carbocycles. The van der Waals surface area contributed by atoms with Crippen molar-refractivity contribution in [3.63, 3.8) is 0 Å². The minimum Gasteiger partial charge on any atom is -0.492 e. The van der Waals surface area contributed by atoms with Crippen molar-refractivity contribution in [1.29, 1.82) is 0 Å². The molecule has 0 radical (unpaired) electrons. The monoisotopic (exact) mass is 360 g/mol. The molecule has 1 N–H and O–H groups in total. The number of hydrogen-bond acceptors (Lipinski definition) is 5. The summed E-state index contributed by atoms with van der Waals surface area (Å²) < 4.78 is 5.72. The number of benzene rings is 1. The Labute approximate surface area is 148 Å². The topological polar surface area (TPSA) is 68.3 Å². The van der Waals surface area contributed by atoms with E-state index in [1.54, 1.807) is 30.5 Å². The second-order valence-electron chi connectivity index (χ2n) is 4.93. The lowest BCUT2D eigenvalue weighted by molar-refractivity contribution is -0.115. The number of pyridine rings is 1. The highest BCUT2D eigenvalue weighted by atomic mass is 35.5. The van der Waals surface area contributed by atoms with E-state index in [4.69, 9.17) is 16.3 Å². The quantitative estimate of drug-likeness (QED) is 0.824. The van der Waals surface area contributed by atoms with Crippen molar-refractivity contribution in [2.75, 3.05) is 6.61 Å². The van der Waals surface area contributed by atoms with Crippen molar-refractivity contribution in [3.8, 4) is 5.75 Å². The number of carbonyl (C=O) groups excluding carboxylic acids is 2. The van der Waals surface area contributed by atoms with Crippen LogP contribution in [0.1, 0.15) is 11.3 Å². The lowest BCUT2D eigenvalue weighted by atomic mass is 10.2. The Kier molecular flexibility index (Phi) is 5.17. The van der Waals surface area contributed by atoms with Crippen molar-refractivity contribution in [1.82, 2.24) is 10.3 Å². The van der Waals surface area contributed by atoms with Gasteiger partial charge in [0.25, 0.3) is 11.1 Å². The van der Waals surface area contributed by atoms with Crippen molar-refractivity contribution in [2.45, 2.75) is 6.42 Å².